The maximum Gasteiger partial charge on any atom is 0.255 e. The van der Waals surface area contributed by atoms with Crippen LogP contribution in [0.4, 0.5) is 5.69 Å². The van der Waals surface area contributed by atoms with E-state index >= 15 is 0 Å². The summed E-state index contributed by atoms with van der Waals surface area (Å²) in [5, 5.41) is 13.9. The zero-order valence-corrected chi connectivity index (χ0v) is 12.7. The molecule has 0 radical (unpaired) electrons. The van der Waals surface area contributed by atoms with Crippen molar-refractivity contribution < 1.29 is 9.53 Å². The fourth-order valence-electron chi connectivity index (χ4n) is 2.12. The fraction of sp³-hybridized carbons (Fsp3) is 0.125. The van der Waals surface area contributed by atoms with Crippen molar-refractivity contribution in [1.29, 1.82) is 0 Å². The van der Waals surface area contributed by atoms with Crippen molar-refractivity contribution in [1.82, 2.24) is 20.2 Å². The van der Waals surface area contributed by atoms with Gasteiger partial charge in [0.15, 0.2) is 0 Å². The molecule has 3 rings (SSSR count). The number of aromatic nitrogens is 4. The summed E-state index contributed by atoms with van der Waals surface area (Å²) in [4.78, 5) is 12.4. The van der Waals surface area contributed by atoms with Crippen molar-refractivity contribution in [2.75, 3.05) is 12.4 Å². The molecule has 0 aliphatic heterocycles. The predicted molar refractivity (Wildman–Crippen MR) is 84.8 cm³/mol. The van der Waals surface area contributed by atoms with Crippen molar-refractivity contribution in [3.05, 3.63) is 59.9 Å². The monoisotopic (exact) mass is 309 g/mol. The number of hydrogen-bond donors (Lipinski definition) is 1. The number of aryl methyl sites for hydroxylation is 1. The van der Waals surface area contributed by atoms with Gasteiger partial charge in [0.25, 0.3) is 5.91 Å². The molecule has 7 heteroatoms. The highest BCUT2D eigenvalue weighted by molar-refractivity contribution is 6.04. The number of nitrogens with one attached hydrogen (secondary N) is 1. The molecule has 23 heavy (non-hydrogen) atoms. The second-order valence-corrected chi connectivity index (χ2v) is 4.96. The van der Waals surface area contributed by atoms with E-state index in [0.717, 1.165) is 11.3 Å². The Bertz CT molecular complexity index is 813. The molecule has 1 N–H and O–H groups in total. The predicted octanol–water partition coefficient (Wildman–Crippen LogP) is 2.23. The number of methoxy groups -OCH3 is 1. The summed E-state index contributed by atoms with van der Waals surface area (Å²) in [5.41, 5.74) is 3.02. The molecule has 0 saturated carbocycles. The third-order valence-electron chi connectivity index (χ3n) is 3.35. The molecule has 116 valence electrons. The van der Waals surface area contributed by atoms with Crippen molar-refractivity contribution in [3.8, 4) is 11.4 Å². The van der Waals surface area contributed by atoms with Gasteiger partial charge in [-0.05, 0) is 47.7 Å². The molecule has 7 nitrogen and oxygen atoms in total. The summed E-state index contributed by atoms with van der Waals surface area (Å²) >= 11 is 0. The van der Waals surface area contributed by atoms with Crippen LogP contribution in [0.2, 0.25) is 0 Å². The van der Waals surface area contributed by atoms with E-state index in [4.69, 9.17) is 4.74 Å². The molecule has 0 saturated heterocycles. The second kappa shape index (κ2) is 6.27. The highest BCUT2D eigenvalue weighted by Gasteiger charge is 2.12. The minimum Gasteiger partial charge on any atom is -0.494 e. The van der Waals surface area contributed by atoms with Crippen LogP contribution in [0.1, 0.15) is 15.9 Å². The van der Waals surface area contributed by atoms with Crippen LogP contribution < -0.4 is 10.1 Å². The van der Waals surface area contributed by atoms with Crippen LogP contribution in [0.15, 0.2) is 48.8 Å². The van der Waals surface area contributed by atoms with Crippen LogP contribution in [-0.4, -0.2) is 33.2 Å². The lowest BCUT2D eigenvalue weighted by atomic mass is 10.1. The first-order valence-corrected chi connectivity index (χ1v) is 6.97. The summed E-state index contributed by atoms with van der Waals surface area (Å²) < 4.78 is 6.80. The van der Waals surface area contributed by atoms with E-state index in [1.165, 1.54) is 18.1 Å². The smallest absolute Gasteiger partial charge is 0.255 e. The van der Waals surface area contributed by atoms with Crippen LogP contribution >= 0.6 is 0 Å². The molecule has 3 aromatic rings. The third kappa shape index (κ3) is 3.18. The van der Waals surface area contributed by atoms with Gasteiger partial charge < -0.3 is 10.1 Å². The Balaban J connectivity index is 1.85. The molecule has 0 unspecified atom stereocenters. The van der Waals surface area contributed by atoms with Gasteiger partial charge in [-0.25, -0.2) is 0 Å². The lowest BCUT2D eigenvalue weighted by molar-refractivity contribution is 0.102. The van der Waals surface area contributed by atoms with Gasteiger partial charge in [-0.2, -0.15) is 4.68 Å². The van der Waals surface area contributed by atoms with Gasteiger partial charge in [0.2, 0.25) is 0 Å². The van der Waals surface area contributed by atoms with E-state index in [0.29, 0.717) is 17.0 Å². The number of rotatable bonds is 4. The molecule has 1 amide bonds. The molecular weight excluding hydrogens is 294 g/mol. The summed E-state index contributed by atoms with van der Waals surface area (Å²) in [7, 11) is 1.53. The molecule has 0 fully saturated rings. The summed E-state index contributed by atoms with van der Waals surface area (Å²) in [6, 6.07) is 12.7. The zero-order valence-electron chi connectivity index (χ0n) is 12.7. The molecule has 0 aliphatic rings. The maximum absolute atomic E-state index is 12.4. The normalized spacial score (nSPS) is 10.3. The van der Waals surface area contributed by atoms with Gasteiger partial charge in [-0.3, -0.25) is 4.79 Å². The third-order valence-corrected chi connectivity index (χ3v) is 3.35. The molecule has 0 spiro atoms. The average molecular weight is 309 g/mol. The van der Waals surface area contributed by atoms with Crippen molar-refractivity contribution in [2.24, 2.45) is 0 Å². The zero-order chi connectivity index (χ0) is 16.2. The number of anilines is 1. The Morgan fingerprint density at radius 2 is 1.96 bits per heavy atom. The van der Waals surface area contributed by atoms with Gasteiger partial charge in [-0.15, -0.1) is 5.10 Å². The van der Waals surface area contributed by atoms with Crippen LogP contribution in [0, 0.1) is 6.92 Å². The Morgan fingerprint density at radius 3 is 2.61 bits per heavy atom. The van der Waals surface area contributed by atoms with Crippen LogP contribution in [0.5, 0.6) is 5.75 Å². The van der Waals surface area contributed by atoms with E-state index in [1.807, 2.05) is 31.2 Å². The summed E-state index contributed by atoms with van der Waals surface area (Å²) in [5.74, 6) is 0.296. The first kappa shape index (κ1) is 14.7. The van der Waals surface area contributed by atoms with Gasteiger partial charge in [0, 0.05) is 11.3 Å². The molecule has 1 heterocycles. The number of amides is 1. The fourth-order valence-corrected chi connectivity index (χ4v) is 2.12. The maximum atomic E-state index is 12.4. The standard InChI is InChI=1S/C16H15N5O2/c1-11-3-6-13(7-4-11)18-16(22)12-5-8-14(15(9-12)23-2)21-10-17-19-20-21/h3-10H,1-2H3,(H,18,22). The van der Waals surface area contributed by atoms with Crippen LogP contribution in [-0.2, 0) is 0 Å². The van der Waals surface area contributed by atoms with E-state index in [1.54, 1.807) is 18.2 Å². The summed E-state index contributed by atoms with van der Waals surface area (Å²) in [6.45, 7) is 1.99. The summed E-state index contributed by atoms with van der Waals surface area (Å²) in [6.07, 6.45) is 1.46. The first-order valence-electron chi connectivity index (χ1n) is 6.97. The number of hydrogen-bond acceptors (Lipinski definition) is 5. The molecule has 0 aliphatic carbocycles. The number of carbonyl (C=O) groups excluding carboxylic acids is 1. The topological polar surface area (TPSA) is 81.9 Å². The van der Waals surface area contributed by atoms with E-state index in [-0.39, 0.29) is 5.91 Å². The van der Waals surface area contributed by atoms with E-state index in [2.05, 4.69) is 20.8 Å². The molecular formula is C16H15N5O2. The number of benzene rings is 2. The highest BCUT2D eigenvalue weighted by atomic mass is 16.5. The molecule has 2 aromatic carbocycles. The molecule has 1 aromatic heterocycles. The Labute approximate surface area is 132 Å². The van der Waals surface area contributed by atoms with Gasteiger partial charge in [0.1, 0.15) is 17.8 Å². The van der Waals surface area contributed by atoms with Crippen LogP contribution in [0.3, 0.4) is 0 Å². The number of carbonyl (C=O) groups is 1. The van der Waals surface area contributed by atoms with Gasteiger partial charge in [0.05, 0.1) is 7.11 Å². The lowest BCUT2D eigenvalue weighted by Crippen LogP contribution is -2.12. The van der Waals surface area contributed by atoms with Crippen LogP contribution in [0.25, 0.3) is 5.69 Å². The number of tetrazole rings is 1. The van der Waals surface area contributed by atoms with Crippen molar-refractivity contribution >= 4 is 11.6 Å². The first-order chi connectivity index (χ1) is 11.2. The minimum atomic E-state index is -0.213. The largest absolute Gasteiger partial charge is 0.494 e. The number of ether oxygens (including phenoxy) is 1. The molecule has 0 atom stereocenters. The van der Waals surface area contributed by atoms with Crippen molar-refractivity contribution in [2.45, 2.75) is 6.92 Å². The molecule has 0 bridgehead atoms. The van der Waals surface area contributed by atoms with Crippen molar-refractivity contribution in [3.63, 3.8) is 0 Å². The SMILES string of the molecule is COc1cc(C(=O)Nc2ccc(C)cc2)ccc1-n1cnnn1. The second-order valence-electron chi connectivity index (χ2n) is 4.96. The Hall–Kier alpha value is -3.22. The Morgan fingerprint density at radius 1 is 1.17 bits per heavy atom. The Kier molecular flexibility index (Phi) is 4.01. The van der Waals surface area contributed by atoms with Gasteiger partial charge >= 0.3 is 0 Å². The highest BCUT2D eigenvalue weighted by Crippen LogP contribution is 2.23. The van der Waals surface area contributed by atoms with E-state index < -0.39 is 0 Å². The quantitative estimate of drug-likeness (QED) is 0.799. The van der Waals surface area contributed by atoms with E-state index in [9.17, 15) is 4.79 Å². The minimum absolute atomic E-state index is 0.213. The average Bonchev–Trinajstić information content (AvgIpc) is 3.10. The lowest BCUT2D eigenvalue weighted by Gasteiger charge is -2.10. The van der Waals surface area contributed by atoms with Gasteiger partial charge in [-0.1, -0.05) is 17.7 Å². The number of nitrogens with zero attached hydrogens (tertiary/aromatic N) is 4.